The van der Waals surface area contributed by atoms with Gasteiger partial charge < -0.3 is 62.1 Å². The number of urea groups is 2. The molecule has 0 radical (unpaired) electrons. The fraction of sp³-hybridized carbons (Fsp3) is 0.519. The fourth-order valence-electron chi connectivity index (χ4n) is 11.1. The zero-order valence-electron chi connectivity index (χ0n) is 42.6. The average Bonchev–Trinajstić information content (AvgIpc) is 4.27. The lowest BCUT2D eigenvalue weighted by Gasteiger charge is -2.39. The maximum Gasteiger partial charge on any atom is 0.321 e. The van der Waals surface area contributed by atoms with Crippen molar-refractivity contribution in [3.8, 4) is 0 Å². The van der Waals surface area contributed by atoms with Crippen LogP contribution in [0, 0.1) is 0 Å². The van der Waals surface area contributed by atoms with Gasteiger partial charge in [0.05, 0.1) is 25.2 Å². The summed E-state index contributed by atoms with van der Waals surface area (Å²) in [6, 6.07) is 20.0. The second kappa shape index (κ2) is 22.6. The standard InChI is InChI=1S/C54H70N12O8/c1-31(55-3)47(67)61-43-29-63(25-23-37-19-21-45(65(37)51(43)71)49(69)59-41-27-39(41)33-11-7-5-8-12-33)53(73)57-35-15-17-36(18-16-35)58-54(74)64-26-24-38-20-22-46(50(70)60-42-28-40(42)34-13-9-6-10-14-34)66(38)52(72)44(30-64)62-48(68)32(2)56-4/h5-18,31-32,37-46,55-56H,19-30H2,1-4H3,(H,57,73)(H,58,74)(H,59,69)(H,60,70)(H,61,67)(H,62,68)/t31-,32-,37+,38+,39-,40-,41-,42-,43-,44+,45-,46-/m0/s1. The van der Waals surface area contributed by atoms with E-state index in [-0.39, 0.29) is 74.0 Å². The number of likely N-dealkylation sites (N-methyl/N-ethyl adjacent to an activating group) is 2. The number of amides is 10. The first-order valence-electron chi connectivity index (χ1n) is 26.2. The van der Waals surface area contributed by atoms with Gasteiger partial charge in [-0.15, -0.1) is 0 Å². The molecule has 394 valence electrons. The SMILES string of the molecule is CN[C@@H](C)C(=O)N[C@H]1CN(C(=O)Nc2ccc(NC(=O)N3CC[C@H]4CC[C@@H](C(=O)N[C@H]5C[C@H]5c5ccccc5)N4C(=O)[C@H](NC(=O)[C@H](C)NC)C3)cc2)CC[C@H]2CC[C@@H](C(=O)N[C@H]3C[C@H]3c3ccccc3)N2C1=O. The summed E-state index contributed by atoms with van der Waals surface area (Å²) in [5.74, 6) is -1.65. The van der Waals surface area contributed by atoms with Crippen molar-refractivity contribution >= 4 is 58.9 Å². The van der Waals surface area contributed by atoms with E-state index in [4.69, 9.17) is 0 Å². The number of hydrogen-bond acceptors (Lipinski definition) is 10. The Morgan fingerprint density at radius 3 is 1.24 bits per heavy atom. The largest absolute Gasteiger partial charge is 0.351 e. The van der Waals surface area contributed by atoms with Crippen molar-refractivity contribution in [1.29, 1.82) is 0 Å². The second-order valence-electron chi connectivity index (χ2n) is 20.8. The van der Waals surface area contributed by atoms with Gasteiger partial charge in [0.15, 0.2) is 0 Å². The highest BCUT2D eigenvalue weighted by Crippen LogP contribution is 2.42. The van der Waals surface area contributed by atoms with Crippen LogP contribution < -0.4 is 42.5 Å². The molecule has 6 fully saturated rings. The minimum absolute atomic E-state index is 0.0155. The van der Waals surface area contributed by atoms with Crippen LogP contribution in [0.25, 0.3) is 0 Å². The summed E-state index contributed by atoms with van der Waals surface area (Å²) in [6.45, 7) is 3.59. The third kappa shape index (κ3) is 11.7. The first kappa shape index (κ1) is 51.8. The molecule has 0 aromatic heterocycles. The van der Waals surface area contributed by atoms with Gasteiger partial charge in [-0.25, -0.2) is 9.59 Å². The van der Waals surface area contributed by atoms with Crippen LogP contribution in [-0.4, -0.2) is 168 Å². The Morgan fingerprint density at radius 1 is 0.500 bits per heavy atom. The van der Waals surface area contributed by atoms with Crippen LogP contribution in [0.2, 0.25) is 0 Å². The lowest BCUT2D eigenvalue weighted by molar-refractivity contribution is -0.144. The summed E-state index contributed by atoms with van der Waals surface area (Å²) in [5, 5.41) is 23.7. The van der Waals surface area contributed by atoms with Gasteiger partial charge in [-0.3, -0.25) is 28.8 Å². The van der Waals surface area contributed by atoms with Crippen LogP contribution >= 0.6 is 0 Å². The lowest BCUT2D eigenvalue weighted by Crippen LogP contribution is -2.62. The molecular weight excluding hydrogens is 945 g/mol. The molecule has 2 aliphatic carbocycles. The number of benzene rings is 3. The first-order valence-corrected chi connectivity index (χ1v) is 26.2. The van der Waals surface area contributed by atoms with Crippen molar-refractivity contribution < 1.29 is 38.4 Å². The predicted molar refractivity (Wildman–Crippen MR) is 277 cm³/mol. The van der Waals surface area contributed by atoms with E-state index in [1.165, 1.54) is 9.80 Å². The first-order chi connectivity index (χ1) is 35.7. The number of anilines is 2. The smallest absolute Gasteiger partial charge is 0.321 e. The molecule has 4 saturated heterocycles. The summed E-state index contributed by atoms with van der Waals surface area (Å²) < 4.78 is 0. The number of fused-ring (bicyclic) bond motifs is 2. The number of nitrogens with one attached hydrogen (secondary N) is 8. The molecule has 3 aromatic carbocycles. The summed E-state index contributed by atoms with van der Waals surface area (Å²) >= 11 is 0. The van der Waals surface area contributed by atoms with Gasteiger partial charge in [0.1, 0.15) is 24.2 Å². The molecule has 0 spiro atoms. The van der Waals surface area contributed by atoms with Gasteiger partial charge in [0.2, 0.25) is 35.4 Å². The number of rotatable bonds is 14. The Bertz CT molecular complexity index is 2400. The molecule has 20 heteroatoms. The Kier molecular flexibility index (Phi) is 15.8. The molecule has 74 heavy (non-hydrogen) atoms. The molecule has 0 bridgehead atoms. The van der Waals surface area contributed by atoms with Gasteiger partial charge in [0.25, 0.3) is 0 Å². The average molecular weight is 1020 g/mol. The molecule has 4 aliphatic heterocycles. The highest BCUT2D eigenvalue weighted by Gasteiger charge is 2.50. The van der Waals surface area contributed by atoms with E-state index >= 15 is 0 Å². The molecule has 9 rings (SSSR count). The normalized spacial score (nSPS) is 28.2. The zero-order valence-corrected chi connectivity index (χ0v) is 42.6. The van der Waals surface area contributed by atoms with E-state index < -0.39 is 71.9 Å². The maximum absolute atomic E-state index is 14.5. The minimum Gasteiger partial charge on any atom is -0.351 e. The van der Waals surface area contributed by atoms with Crippen LogP contribution in [0.1, 0.15) is 88.2 Å². The van der Waals surface area contributed by atoms with E-state index in [1.807, 2.05) is 36.4 Å². The van der Waals surface area contributed by atoms with E-state index in [0.717, 1.165) is 24.0 Å². The molecule has 2 saturated carbocycles. The van der Waals surface area contributed by atoms with E-state index in [0.29, 0.717) is 49.9 Å². The molecule has 12 atom stereocenters. The van der Waals surface area contributed by atoms with Gasteiger partial charge in [0, 0.05) is 60.5 Å². The summed E-state index contributed by atoms with van der Waals surface area (Å²) in [4.78, 5) is 117. The van der Waals surface area contributed by atoms with E-state index in [9.17, 15) is 38.4 Å². The monoisotopic (exact) mass is 1010 g/mol. The summed E-state index contributed by atoms with van der Waals surface area (Å²) in [7, 11) is 3.27. The quantitative estimate of drug-likeness (QED) is 0.117. The van der Waals surface area contributed by atoms with Gasteiger partial charge in [-0.2, -0.15) is 0 Å². The Morgan fingerprint density at radius 2 is 0.878 bits per heavy atom. The number of nitrogens with zero attached hydrogens (tertiary/aromatic N) is 4. The number of hydrogen-bond donors (Lipinski definition) is 8. The van der Waals surface area contributed by atoms with Gasteiger partial charge >= 0.3 is 12.1 Å². The van der Waals surface area contributed by atoms with Crippen molar-refractivity contribution in [2.75, 3.05) is 50.9 Å². The third-order valence-electron chi connectivity index (χ3n) is 15.9. The fourth-order valence-corrected chi connectivity index (χ4v) is 11.1. The van der Waals surface area contributed by atoms with Gasteiger partial charge in [-0.1, -0.05) is 60.7 Å². The predicted octanol–water partition coefficient (Wildman–Crippen LogP) is 2.41. The lowest BCUT2D eigenvalue weighted by atomic mass is 10.1. The van der Waals surface area contributed by atoms with Crippen LogP contribution in [0.3, 0.4) is 0 Å². The van der Waals surface area contributed by atoms with Crippen molar-refractivity contribution in [2.45, 2.75) is 137 Å². The van der Waals surface area contributed by atoms with Crippen molar-refractivity contribution in [2.24, 2.45) is 0 Å². The van der Waals surface area contributed by atoms with Gasteiger partial charge in [-0.05, 0) is 115 Å². The van der Waals surface area contributed by atoms with Crippen molar-refractivity contribution in [1.82, 2.24) is 51.5 Å². The number of carbonyl (C=O) groups excluding carboxylic acids is 8. The molecule has 0 unspecified atom stereocenters. The third-order valence-corrected chi connectivity index (χ3v) is 15.9. The zero-order chi connectivity index (χ0) is 52.2. The highest BCUT2D eigenvalue weighted by molar-refractivity contribution is 5.97. The summed E-state index contributed by atoms with van der Waals surface area (Å²) in [6.07, 6.45) is 4.59. The Labute approximate surface area is 431 Å². The summed E-state index contributed by atoms with van der Waals surface area (Å²) in [5.41, 5.74) is 3.14. The van der Waals surface area contributed by atoms with E-state index in [1.54, 1.807) is 62.0 Å². The molecule has 6 aliphatic rings. The number of carbonyl (C=O) groups is 8. The Balaban J connectivity index is 0.822. The van der Waals surface area contributed by atoms with Crippen LogP contribution in [0.5, 0.6) is 0 Å². The van der Waals surface area contributed by atoms with Crippen molar-refractivity contribution in [3.63, 3.8) is 0 Å². The van der Waals surface area contributed by atoms with E-state index in [2.05, 4.69) is 66.8 Å². The topological polar surface area (TPSA) is 246 Å². The molecular formula is C54H70N12O8. The van der Waals surface area contributed by atoms with Crippen LogP contribution in [-0.2, 0) is 28.8 Å². The van der Waals surface area contributed by atoms with Crippen LogP contribution in [0.15, 0.2) is 84.9 Å². The molecule has 4 heterocycles. The molecule has 8 N–H and O–H groups in total. The maximum atomic E-state index is 14.5. The second-order valence-corrected chi connectivity index (χ2v) is 20.8. The minimum atomic E-state index is -1.12. The molecule has 10 amide bonds. The van der Waals surface area contributed by atoms with Crippen LogP contribution in [0.4, 0.5) is 21.0 Å². The van der Waals surface area contributed by atoms with Crippen molar-refractivity contribution in [3.05, 3.63) is 96.1 Å². The highest BCUT2D eigenvalue weighted by atomic mass is 16.2. The molecule has 3 aromatic rings. The Hall–Kier alpha value is -7.06. The molecule has 20 nitrogen and oxygen atoms in total.